The maximum atomic E-state index is 12.8. The molecule has 6 rings (SSSR count). The molecule has 0 unspecified atom stereocenters. The highest BCUT2D eigenvalue weighted by Gasteiger charge is 2.48. The molecule has 1 saturated heterocycles. The number of hydrogen-bond donors (Lipinski definition) is 2. The standard InChI is InChI=1S/C22H24N8O/c1-22(20(31)29-6-2-3-7-29)8-15(9-22)26-21-24-11-17-16(10-23-19(17)27-21)14-4-5-18-28-25-13-30(18)12-14/h4-5,10-13,15H,2-3,6-9H2,1H3,(H2,23,24,26,27)/t15-,22+. The van der Waals surface area contributed by atoms with Crippen LogP contribution in [0.2, 0.25) is 0 Å². The number of carbonyl (C=O) groups excluding carboxylic acids is 1. The molecule has 5 heterocycles. The van der Waals surface area contributed by atoms with Crippen LogP contribution in [-0.4, -0.2) is 59.5 Å². The largest absolute Gasteiger partial charge is 0.351 e. The molecule has 0 atom stereocenters. The predicted octanol–water partition coefficient (Wildman–Crippen LogP) is 2.87. The van der Waals surface area contributed by atoms with Gasteiger partial charge in [0.25, 0.3) is 0 Å². The van der Waals surface area contributed by atoms with Gasteiger partial charge in [0.2, 0.25) is 11.9 Å². The minimum absolute atomic E-state index is 0.222. The van der Waals surface area contributed by atoms with Crippen molar-refractivity contribution < 1.29 is 4.79 Å². The molecule has 0 spiro atoms. The van der Waals surface area contributed by atoms with Crippen LogP contribution in [0.5, 0.6) is 0 Å². The summed E-state index contributed by atoms with van der Waals surface area (Å²) >= 11 is 0. The number of rotatable bonds is 4. The van der Waals surface area contributed by atoms with E-state index in [1.807, 2.05) is 40.0 Å². The van der Waals surface area contributed by atoms with Crippen molar-refractivity contribution in [3.8, 4) is 11.1 Å². The third-order valence-corrected chi connectivity index (χ3v) is 6.67. The zero-order valence-electron chi connectivity index (χ0n) is 17.4. The molecule has 2 N–H and O–H groups in total. The number of anilines is 1. The van der Waals surface area contributed by atoms with Crippen LogP contribution in [0.25, 0.3) is 27.8 Å². The Kier molecular flexibility index (Phi) is 3.99. The van der Waals surface area contributed by atoms with Gasteiger partial charge in [-0.25, -0.2) is 4.98 Å². The summed E-state index contributed by atoms with van der Waals surface area (Å²) in [6, 6.07) is 4.18. The Hall–Kier alpha value is -3.49. The molecule has 4 aromatic rings. The fourth-order valence-electron chi connectivity index (χ4n) is 4.99. The number of aromatic nitrogens is 6. The number of aromatic amines is 1. The molecule has 31 heavy (non-hydrogen) atoms. The summed E-state index contributed by atoms with van der Waals surface area (Å²) < 4.78 is 1.89. The lowest BCUT2D eigenvalue weighted by Crippen LogP contribution is -2.53. The highest BCUT2D eigenvalue weighted by molar-refractivity contribution is 5.93. The van der Waals surface area contributed by atoms with Crippen LogP contribution in [0.4, 0.5) is 5.95 Å². The zero-order chi connectivity index (χ0) is 21.0. The lowest BCUT2D eigenvalue weighted by molar-refractivity contribution is -0.145. The van der Waals surface area contributed by atoms with Gasteiger partial charge in [0.1, 0.15) is 12.0 Å². The molecule has 1 aliphatic heterocycles. The van der Waals surface area contributed by atoms with Crippen molar-refractivity contribution in [2.45, 2.75) is 38.6 Å². The summed E-state index contributed by atoms with van der Waals surface area (Å²) in [4.78, 5) is 27.3. The third-order valence-electron chi connectivity index (χ3n) is 6.67. The smallest absolute Gasteiger partial charge is 0.228 e. The van der Waals surface area contributed by atoms with Crippen molar-refractivity contribution in [1.82, 2.24) is 34.4 Å². The average molecular weight is 416 g/mol. The van der Waals surface area contributed by atoms with Crippen LogP contribution in [0.1, 0.15) is 32.6 Å². The number of fused-ring (bicyclic) bond motifs is 2. The second-order valence-corrected chi connectivity index (χ2v) is 8.98. The van der Waals surface area contributed by atoms with Crippen LogP contribution >= 0.6 is 0 Å². The van der Waals surface area contributed by atoms with Crippen molar-refractivity contribution in [2.75, 3.05) is 18.4 Å². The normalized spacial score (nSPS) is 23.4. The van der Waals surface area contributed by atoms with Gasteiger partial charge >= 0.3 is 0 Å². The lowest BCUT2D eigenvalue weighted by Gasteiger charge is -2.45. The molecule has 2 aliphatic rings. The van der Waals surface area contributed by atoms with Crippen molar-refractivity contribution in [1.29, 1.82) is 0 Å². The van der Waals surface area contributed by atoms with E-state index in [0.29, 0.717) is 11.9 Å². The molecule has 0 bridgehead atoms. The molecule has 1 aliphatic carbocycles. The van der Waals surface area contributed by atoms with Crippen molar-refractivity contribution in [3.63, 3.8) is 0 Å². The van der Waals surface area contributed by atoms with Crippen LogP contribution in [0.15, 0.2) is 37.1 Å². The maximum Gasteiger partial charge on any atom is 0.228 e. The molecule has 0 radical (unpaired) electrons. The van der Waals surface area contributed by atoms with Gasteiger partial charge in [-0.05, 0) is 37.8 Å². The Balaban J connectivity index is 1.18. The van der Waals surface area contributed by atoms with Crippen molar-refractivity contribution in [3.05, 3.63) is 37.1 Å². The first-order valence-electron chi connectivity index (χ1n) is 10.8. The van der Waals surface area contributed by atoms with E-state index >= 15 is 0 Å². The highest BCUT2D eigenvalue weighted by Crippen LogP contribution is 2.44. The minimum Gasteiger partial charge on any atom is -0.351 e. The summed E-state index contributed by atoms with van der Waals surface area (Å²) in [6.45, 7) is 3.90. The van der Waals surface area contributed by atoms with Gasteiger partial charge in [0.15, 0.2) is 5.65 Å². The number of H-pyrrole nitrogens is 1. The fraction of sp³-hybridized carbons (Fsp3) is 0.409. The Labute approximate surface area is 178 Å². The second kappa shape index (κ2) is 6.76. The van der Waals surface area contributed by atoms with Crippen molar-refractivity contribution >= 4 is 28.5 Å². The second-order valence-electron chi connectivity index (χ2n) is 8.98. The van der Waals surface area contributed by atoms with E-state index < -0.39 is 0 Å². The summed E-state index contributed by atoms with van der Waals surface area (Å²) in [5, 5.41) is 12.3. The van der Waals surface area contributed by atoms with E-state index in [2.05, 4.69) is 37.4 Å². The fourth-order valence-corrected chi connectivity index (χ4v) is 4.99. The molecule has 2 fully saturated rings. The Morgan fingerprint density at radius 3 is 2.94 bits per heavy atom. The number of hydrogen-bond acceptors (Lipinski definition) is 6. The van der Waals surface area contributed by atoms with Crippen LogP contribution in [0.3, 0.4) is 0 Å². The van der Waals surface area contributed by atoms with Crippen LogP contribution in [-0.2, 0) is 4.79 Å². The van der Waals surface area contributed by atoms with E-state index in [9.17, 15) is 4.79 Å². The molecule has 1 amide bonds. The topological polar surface area (TPSA) is 104 Å². The van der Waals surface area contributed by atoms with Crippen LogP contribution < -0.4 is 5.32 Å². The first kappa shape index (κ1) is 18.3. The number of nitrogens with zero attached hydrogens (tertiary/aromatic N) is 6. The van der Waals surface area contributed by atoms with E-state index in [1.165, 1.54) is 0 Å². The Morgan fingerprint density at radius 2 is 2.10 bits per heavy atom. The van der Waals surface area contributed by atoms with Gasteiger partial charge in [-0.2, -0.15) is 4.98 Å². The molecule has 4 aromatic heterocycles. The molecule has 1 saturated carbocycles. The molecular formula is C22H24N8O. The number of likely N-dealkylation sites (tertiary alicyclic amines) is 1. The first-order valence-corrected chi connectivity index (χ1v) is 10.8. The monoisotopic (exact) mass is 416 g/mol. The summed E-state index contributed by atoms with van der Waals surface area (Å²) in [5.41, 5.74) is 3.41. The van der Waals surface area contributed by atoms with Gasteiger partial charge in [-0.3, -0.25) is 9.20 Å². The zero-order valence-corrected chi connectivity index (χ0v) is 17.4. The highest BCUT2D eigenvalue weighted by atomic mass is 16.2. The van der Waals surface area contributed by atoms with Gasteiger partial charge < -0.3 is 15.2 Å². The Morgan fingerprint density at radius 1 is 1.26 bits per heavy atom. The van der Waals surface area contributed by atoms with E-state index in [1.54, 1.807) is 6.33 Å². The number of amides is 1. The van der Waals surface area contributed by atoms with E-state index in [0.717, 1.165) is 66.6 Å². The molecule has 9 heteroatoms. The minimum atomic E-state index is -0.257. The van der Waals surface area contributed by atoms with Gasteiger partial charge in [-0.15, -0.1) is 10.2 Å². The van der Waals surface area contributed by atoms with E-state index in [-0.39, 0.29) is 11.5 Å². The molecule has 158 valence electrons. The maximum absolute atomic E-state index is 12.8. The van der Waals surface area contributed by atoms with Crippen LogP contribution in [0, 0.1) is 5.41 Å². The van der Waals surface area contributed by atoms with Gasteiger partial charge in [0, 0.05) is 54.2 Å². The molecular weight excluding hydrogens is 392 g/mol. The molecule has 0 aromatic carbocycles. The van der Waals surface area contributed by atoms with Crippen molar-refractivity contribution in [2.24, 2.45) is 5.41 Å². The average Bonchev–Trinajstić information content (AvgIpc) is 3.51. The number of pyridine rings is 1. The quantitative estimate of drug-likeness (QED) is 0.530. The lowest BCUT2D eigenvalue weighted by atomic mass is 9.66. The summed E-state index contributed by atoms with van der Waals surface area (Å²) in [5.74, 6) is 0.898. The summed E-state index contributed by atoms with van der Waals surface area (Å²) in [7, 11) is 0. The third kappa shape index (κ3) is 3.03. The first-order chi connectivity index (χ1) is 15.1. The SMILES string of the molecule is C[C@]1(C(=O)N2CCCC2)C[C@@H](Nc2ncc3c(-c4ccc5nncn5c4)c[nH]c3n2)C1. The number of carbonyl (C=O) groups is 1. The van der Waals surface area contributed by atoms with E-state index in [4.69, 9.17) is 0 Å². The van der Waals surface area contributed by atoms with Gasteiger partial charge in [-0.1, -0.05) is 6.92 Å². The predicted molar refractivity (Wildman–Crippen MR) is 116 cm³/mol. The summed E-state index contributed by atoms with van der Waals surface area (Å²) in [6.07, 6.45) is 11.4. The molecule has 9 nitrogen and oxygen atoms in total. The number of nitrogens with one attached hydrogen (secondary N) is 2. The Bertz CT molecular complexity index is 1280. The van der Waals surface area contributed by atoms with Gasteiger partial charge in [0.05, 0.1) is 5.41 Å².